The third-order valence-electron chi connectivity index (χ3n) is 7.54. The Morgan fingerprint density at radius 1 is 1.06 bits per heavy atom. The summed E-state index contributed by atoms with van der Waals surface area (Å²) in [7, 11) is 0. The summed E-state index contributed by atoms with van der Waals surface area (Å²) in [5.41, 5.74) is 0. The van der Waals surface area contributed by atoms with Gasteiger partial charge in [0.2, 0.25) is 0 Å². The number of nitrogens with one attached hydrogen (secondary N) is 1. The first-order valence-corrected chi connectivity index (χ1v) is 12.7. The van der Waals surface area contributed by atoms with E-state index in [0.717, 1.165) is 71.0 Å². The predicted octanol–water partition coefficient (Wildman–Crippen LogP) is 3.50. The van der Waals surface area contributed by atoms with Crippen LogP contribution in [0.3, 0.4) is 0 Å². The molecule has 0 aromatic heterocycles. The molecular weight excluding hydrogens is 435 g/mol. The van der Waals surface area contributed by atoms with Crippen molar-refractivity contribution in [2.45, 2.75) is 82.2 Å². The first-order chi connectivity index (χ1) is 15.9. The Hall–Kier alpha value is -0.920. The number of ether oxygens (including phenoxy) is 2. The molecule has 2 aliphatic carbocycles. The maximum absolute atomic E-state index is 12.5. The zero-order chi connectivity index (χ0) is 23.7. The Morgan fingerprint density at radius 3 is 2.52 bits per heavy atom. The molecule has 0 aromatic rings. The molecule has 0 aromatic carbocycles. The van der Waals surface area contributed by atoms with E-state index in [1.54, 1.807) is 0 Å². The van der Waals surface area contributed by atoms with Crippen LogP contribution in [0.4, 0.5) is 13.2 Å². The topological polar surface area (TPSA) is 77.8 Å². The highest BCUT2D eigenvalue weighted by Gasteiger charge is 2.44. The van der Waals surface area contributed by atoms with Gasteiger partial charge in [0.05, 0.1) is 30.8 Å². The highest BCUT2D eigenvalue weighted by molar-refractivity contribution is 5.04. The molecule has 9 heteroatoms. The molecule has 3 rings (SSSR count). The van der Waals surface area contributed by atoms with Crippen molar-refractivity contribution < 1.29 is 27.8 Å². The summed E-state index contributed by atoms with van der Waals surface area (Å²) < 4.78 is 48.4. The van der Waals surface area contributed by atoms with Crippen LogP contribution in [0.15, 0.2) is 0 Å². The number of fused-ring (bicyclic) bond motifs is 1. The lowest BCUT2D eigenvalue weighted by Crippen LogP contribution is -2.44. The fourth-order valence-electron chi connectivity index (χ4n) is 6.07. The van der Waals surface area contributed by atoms with Gasteiger partial charge in [0.1, 0.15) is 6.61 Å². The van der Waals surface area contributed by atoms with Gasteiger partial charge in [-0.05, 0) is 69.9 Å². The van der Waals surface area contributed by atoms with E-state index in [1.165, 1.54) is 0 Å². The van der Waals surface area contributed by atoms with Crippen LogP contribution in [0.5, 0.6) is 0 Å². The molecule has 33 heavy (non-hydrogen) atoms. The zero-order valence-corrected chi connectivity index (χ0v) is 19.6. The Bertz CT molecular complexity index is 616. The smallest absolute Gasteiger partial charge is 0.396 e. The number of rotatable bonds is 12. The van der Waals surface area contributed by atoms with Crippen molar-refractivity contribution in [1.82, 2.24) is 10.2 Å². The minimum atomic E-state index is -4.30. The largest absolute Gasteiger partial charge is 0.411 e. The van der Waals surface area contributed by atoms with E-state index >= 15 is 0 Å². The lowest BCUT2D eigenvalue weighted by Gasteiger charge is -2.39. The van der Waals surface area contributed by atoms with Crippen molar-refractivity contribution >= 4 is 0 Å². The Morgan fingerprint density at radius 2 is 1.82 bits per heavy atom. The number of halogens is 3. The van der Waals surface area contributed by atoms with E-state index in [9.17, 15) is 18.4 Å². The Kier molecular flexibility index (Phi) is 10.7. The van der Waals surface area contributed by atoms with Gasteiger partial charge in [0.15, 0.2) is 0 Å². The number of hydrogen-bond acceptors (Lipinski definition) is 6. The number of likely N-dealkylation sites (tertiary alicyclic amines) is 1. The molecule has 1 saturated heterocycles. The summed E-state index contributed by atoms with van der Waals surface area (Å²) in [6.45, 7) is 2.89. The first kappa shape index (κ1) is 26.7. The molecule has 6 unspecified atom stereocenters. The SMILES string of the molecule is N#CC1CC(CCNCCOC2CCCCC2OCC(F)(F)F)CC2CCN(CCCO)C12. The quantitative estimate of drug-likeness (QED) is 0.421. The predicted molar refractivity (Wildman–Crippen MR) is 118 cm³/mol. The lowest BCUT2D eigenvalue weighted by molar-refractivity contribution is -0.202. The molecule has 2 N–H and O–H groups in total. The van der Waals surface area contributed by atoms with Crippen molar-refractivity contribution in [1.29, 1.82) is 5.26 Å². The van der Waals surface area contributed by atoms with E-state index in [0.29, 0.717) is 37.5 Å². The fraction of sp³-hybridized carbons (Fsp3) is 0.958. The third-order valence-corrected chi connectivity index (χ3v) is 7.54. The number of nitriles is 1. The van der Waals surface area contributed by atoms with Gasteiger partial charge in [0, 0.05) is 25.7 Å². The average molecular weight is 476 g/mol. The van der Waals surface area contributed by atoms with Crippen LogP contribution >= 0.6 is 0 Å². The van der Waals surface area contributed by atoms with Gasteiger partial charge >= 0.3 is 6.18 Å². The highest BCUT2D eigenvalue weighted by atomic mass is 19.4. The maximum Gasteiger partial charge on any atom is 0.411 e. The number of aliphatic hydroxyl groups is 1. The Balaban J connectivity index is 1.31. The average Bonchev–Trinajstić information content (AvgIpc) is 3.21. The second kappa shape index (κ2) is 13.2. The second-order valence-corrected chi connectivity index (χ2v) is 9.92. The van der Waals surface area contributed by atoms with Gasteiger partial charge in [-0.15, -0.1) is 0 Å². The van der Waals surface area contributed by atoms with Crippen molar-refractivity contribution in [3.63, 3.8) is 0 Å². The van der Waals surface area contributed by atoms with Gasteiger partial charge in [-0.3, -0.25) is 4.90 Å². The van der Waals surface area contributed by atoms with Gasteiger partial charge in [-0.2, -0.15) is 18.4 Å². The number of alkyl halides is 3. The minimum Gasteiger partial charge on any atom is -0.396 e. The van der Waals surface area contributed by atoms with E-state index in [4.69, 9.17) is 14.6 Å². The minimum absolute atomic E-state index is 0.0678. The summed E-state index contributed by atoms with van der Waals surface area (Å²) in [5, 5.41) is 22.3. The summed E-state index contributed by atoms with van der Waals surface area (Å²) >= 11 is 0. The van der Waals surface area contributed by atoms with Crippen molar-refractivity contribution in [3.8, 4) is 6.07 Å². The monoisotopic (exact) mass is 475 g/mol. The van der Waals surface area contributed by atoms with Crippen molar-refractivity contribution in [2.75, 3.05) is 46.0 Å². The lowest BCUT2D eigenvalue weighted by atomic mass is 9.71. The molecule has 1 heterocycles. The van der Waals surface area contributed by atoms with Crippen molar-refractivity contribution in [2.24, 2.45) is 17.8 Å². The molecule has 2 saturated carbocycles. The molecule has 0 bridgehead atoms. The van der Waals surface area contributed by atoms with Crippen LogP contribution in [-0.4, -0.2) is 80.4 Å². The number of aliphatic hydroxyl groups excluding tert-OH is 1. The summed E-state index contributed by atoms with van der Waals surface area (Å²) in [6, 6.07) is 2.90. The molecule has 6 nitrogen and oxygen atoms in total. The number of nitrogens with zero attached hydrogens (tertiary/aromatic N) is 2. The van der Waals surface area contributed by atoms with Gasteiger partial charge < -0.3 is 19.9 Å². The highest BCUT2D eigenvalue weighted by Crippen LogP contribution is 2.43. The van der Waals surface area contributed by atoms with E-state index in [2.05, 4.69) is 16.3 Å². The van der Waals surface area contributed by atoms with Crippen LogP contribution in [0.2, 0.25) is 0 Å². The molecule has 0 radical (unpaired) electrons. The summed E-state index contributed by atoms with van der Waals surface area (Å²) in [4.78, 5) is 2.41. The zero-order valence-electron chi connectivity index (χ0n) is 19.6. The van der Waals surface area contributed by atoms with Gasteiger partial charge in [0.25, 0.3) is 0 Å². The molecule has 0 amide bonds. The molecule has 1 aliphatic heterocycles. The summed E-state index contributed by atoms with van der Waals surface area (Å²) in [6.07, 6.45) is 3.22. The molecule has 3 fully saturated rings. The summed E-state index contributed by atoms with van der Waals surface area (Å²) in [5.74, 6) is 1.19. The second-order valence-electron chi connectivity index (χ2n) is 9.92. The first-order valence-electron chi connectivity index (χ1n) is 12.7. The van der Waals surface area contributed by atoms with E-state index in [1.807, 2.05) is 0 Å². The van der Waals surface area contributed by atoms with Gasteiger partial charge in [-0.25, -0.2) is 0 Å². The number of hydrogen-bond donors (Lipinski definition) is 2. The van der Waals surface area contributed by atoms with E-state index < -0.39 is 18.9 Å². The molecule has 190 valence electrons. The van der Waals surface area contributed by atoms with Crippen molar-refractivity contribution in [3.05, 3.63) is 0 Å². The van der Waals surface area contributed by atoms with Crippen LogP contribution < -0.4 is 5.32 Å². The molecule has 6 atom stereocenters. The van der Waals surface area contributed by atoms with Crippen LogP contribution in [0.25, 0.3) is 0 Å². The van der Waals surface area contributed by atoms with E-state index in [-0.39, 0.29) is 18.6 Å². The molecule has 0 spiro atoms. The van der Waals surface area contributed by atoms with Crippen LogP contribution in [-0.2, 0) is 9.47 Å². The fourth-order valence-corrected chi connectivity index (χ4v) is 6.07. The van der Waals surface area contributed by atoms with Crippen LogP contribution in [0.1, 0.15) is 57.8 Å². The van der Waals surface area contributed by atoms with Gasteiger partial charge in [-0.1, -0.05) is 12.8 Å². The normalized spacial score (nSPS) is 33.1. The maximum atomic E-state index is 12.5. The molecular formula is C24H40F3N3O3. The Labute approximate surface area is 195 Å². The van der Waals surface area contributed by atoms with Crippen LogP contribution in [0, 0.1) is 29.1 Å². The third kappa shape index (κ3) is 8.36. The molecule has 3 aliphatic rings. The standard InChI is InChI=1S/C24H40F3N3O3/c25-24(26,27)17-33-22-5-2-1-4-21(22)32-13-9-29-8-6-18-14-19-7-11-30(10-3-12-31)23(19)20(15-18)16-28/h18-23,29,31H,1-15,17H2.